The first-order chi connectivity index (χ1) is 9.29. The molecule has 0 aliphatic carbocycles. The summed E-state index contributed by atoms with van der Waals surface area (Å²) in [6.45, 7) is 5.71. The highest BCUT2D eigenvalue weighted by Crippen LogP contribution is 2.26. The third kappa shape index (κ3) is 3.98. The van der Waals surface area contributed by atoms with Crippen LogP contribution in [0.4, 0.5) is 5.69 Å². The molecule has 0 aliphatic heterocycles. The van der Waals surface area contributed by atoms with Crippen molar-refractivity contribution in [3.63, 3.8) is 0 Å². The molecule has 100 valence electrons. The molecular weight excluding hydrogens is 236 g/mol. The average Bonchev–Trinajstić information content (AvgIpc) is 2.45. The third-order valence-corrected chi connectivity index (χ3v) is 2.83. The fraction of sp³-hybridized carbons (Fsp3) is 0.312. The SMILES string of the molecule is CCCOc1ccc(C)cc1NCc1ccncc1. The number of aromatic nitrogens is 1. The van der Waals surface area contributed by atoms with Crippen molar-refractivity contribution in [3.05, 3.63) is 53.9 Å². The lowest BCUT2D eigenvalue weighted by Crippen LogP contribution is -2.04. The van der Waals surface area contributed by atoms with Crippen LogP contribution in [0.1, 0.15) is 24.5 Å². The maximum Gasteiger partial charge on any atom is 0.142 e. The summed E-state index contributed by atoms with van der Waals surface area (Å²) in [6, 6.07) is 10.2. The van der Waals surface area contributed by atoms with Gasteiger partial charge in [-0.1, -0.05) is 13.0 Å². The van der Waals surface area contributed by atoms with Gasteiger partial charge in [0, 0.05) is 18.9 Å². The molecule has 0 aliphatic rings. The quantitative estimate of drug-likeness (QED) is 0.853. The van der Waals surface area contributed by atoms with Gasteiger partial charge in [-0.3, -0.25) is 4.98 Å². The molecule has 1 aromatic carbocycles. The highest BCUT2D eigenvalue weighted by molar-refractivity contribution is 5.58. The molecule has 2 rings (SSSR count). The van der Waals surface area contributed by atoms with Crippen LogP contribution in [-0.4, -0.2) is 11.6 Å². The molecular formula is C16H20N2O. The first kappa shape index (κ1) is 13.4. The Balaban J connectivity index is 2.07. The van der Waals surface area contributed by atoms with E-state index in [1.54, 1.807) is 0 Å². The zero-order valence-electron chi connectivity index (χ0n) is 11.5. The molecule has 0 saturated carbocycles. The second-order valence-electron chi connectivity index (χ2n) is 4.56. The molecule has 3 heteroatoms. The van der Waals surface area contributed by atoms with Crippen LogP contribution in [0.15, 0.2) is 42.7 Å². The van der Waals surface area contributed by atoms with Crippen LogP contribution in [-0.2, 0) is 6.54 Å². The topological polar surface area (TPSA) is 34.1 Å². The van der Waals surface area contributed by atoms with Gasteiger partial charge in [0.15, 0.2) is 0 Å². The summed E-state index contributed by atoms with van der Waals surface area (Å²) in [5, 5.41) is 3.43. The number of ether oxygens (including phenoxy) is 1. The molecule has 1 N–H and O–H groups in total. The Labute approximate surface area is 114 Å². The summed E-state index contributed by atoms with van der Waals surface area (Å²) in [4.78, 5) is 4.02. The van der Waals surface area contributed by atoms with E-state index in [2.05, 4.69) is 36.3 Å². The molecule has 0 radical (unpaired) electrons. The predicted octanol–water partition coefficient (Wildman–Crippen LogP) is 3.79. The second kappa shape index (κ2) is 6.78. The molecule has 0 unspecified atom stereocenters. The monoisotopic (exact) mass is 256 g/mol. The van der Waals surface area contributed by atoms with Gasteiger partial charge in [-0.2, -0.15) is 0 Å². The van der Waals surface area contributed by atoms with Crippen LogP contribution < -0.4 is 10.1 Å². The number of aryl methyl sites for hydroxylation is 1. The van der Waals surface area contributed by atoms with Gasteiger partial charge in [-0.15, -0.1) is 0 Å². The number of nitrogens with one attached hydrogen (secondary N) is 1. The maximum absolute atomic E-state index is 5.75. The van der Waals surface area contributed by atoms with Crippen molar-refractivity contribution in [3.8, 4) is 5.75 Å². The van der Waals surface area contributed by atoms with E-state index < -0.39 is 0 Å². The normalized spacial score (nSPS) is 10.2. The predicted molar refractivity (Wildman–Crippen MR) is 78.5 cm³/mol. The molecule has 0 fully saturated rings. The molecule has 0 atom stereocenters. The van der Waals surface area contributed by atoms with Gasteiger partial charge in [0.2, 0.25) is 0 Å². The number of anilines is 1. The molecule has 1 heterocycles. The lowest BCUT2D eigenvalue weighted by molar-refractivity contribution is 0.319. The van der Waals surface area contributed by atoms with Crippen LogP contribution in [0, 0.1) is 6.92 Å². The number of benzene rings is 1. The van der Waals surface area contributed by atoms with Gasteiger partial charge in [0.25, 0.3) is 0 Å². The largest absolute Gasteiger partial charge is 0.491 e. The number of hydrogen-bond acceptors (Lipinski definition) is 3. The van der Waals surface area contributed by atoms with Gasteiger partial charge in [-0.25, -0.2) is 0 Å². The van der Waals surface area contributed by atoms with Crippen molar-refractivity contribution < 1.29 is 4.74 Å². The Kier molecular flexibility index (Phi) is 4.78. The smallest absolute Gasteiger partial charge is 0.142 e. The Morgan fingerprint density at radius 1 is 1.16 bits per heavy atom. The van der Waals surface area contributed by atoms with Gasteiger partial charge in [0.05, 0.1) is 12.3 Å². The van der Waals surface area contributed by atoms with Crippen LogP contribution in [0.5, 0.6) is 5.75 Å². The van der Waals surface area contributed by atoms with Crippen molar-refractivity contribution in [2.75, 3.05) is 11.9 Å². The molecule has 3 nitrogen and oxygen atoms in total. The Morgan fingerprint density at radius 3 is 2.68 bits per heavy atom. The second-order valence-corrected chi connectivity index (χ2v) is 4.56. The van der Waals surface area contributed by atoms with E-state index in [9.17, 15) is 0 Å². The summed E-state index contributed by atoms with van der Waals surface area (Å²) in [5.41, 5.74) is 3.48. The Hall–Kier alpha value is -2.03. The number of hydrogen-bond donors (Lipinski definition) is 1. The van der Waals surface area contributed by atoms with E-state index in [0.29, 0.717) is 0 Å². The Bertz CT molecular complexity index is 511. The highest BCUT2D eigenvalue weighted by Gasteiger charge is 2.03. The van der Waals surface area contributed by atoms with Crippen molar-refractivity contribution in [2.24, 2.45) is 0 Å². The summed E-state index contributed by atoms with van der Waals surface area (Å²) in [5.74, 6) is 0.918. The minimum Gasteiger partial charge on any atom is -0.491 e. The summed E-state index contributed by atoms with van der Waals surface area (Å²) in [6.07, 6.45) is 4.63. The molecule has 2 aromatic rings. The van der Waals surface area contributed by atoms with Gasteiger partial charge < -0.3 is 10.1 Å². The van der Waals surface area contributed by atoms with Crippen molar-refractivity contribution in [2.45, 2.75) is 26.8 Å². The van der Waals surface area contributed by atoms with Gasteiger partial charge >= 0.3 is 0 Å². The fourth-order valence-corrected chi connectivity index (χ4v) is 1.82. The summed E-state index contributed by atoms with van der Waals surface area (Å²) >= 11 is 0. The van der Waals surface area contributed by atoms with Crippen LogP contribution in [0.3, 0.4) is 0 Å². The number of nitrogens with zero attached hydrogens (tertiary/aromatic N) is 1. The molecule has 0 saturated heterocycles. The first-order valence-corrected chi connectivity index (χ1v) is 6.66. The van der Waals surface area contributed by atoms with Crippen LogP contribution >= 0.6 is 0 Å². The molecule has 0 spiro atoms. The van der Waals surface area contributed by atoms with Crippen molar-refractivity contribution >= 4 is 5.69 Å². The minimum absolute atomic E-state index is 0.743. The zero-order valence-corrected chi connectivity index (χ0v) is 11.5. The maximum atomic E-state index is 5.75. The summed E-state index contributed by atoms with van der Waals surface area (Å²) in [7, 11) is 0. The standard InChI is InChI=1S/C16H20N2O/c1-3-10-19-16-5-4-13(2)11-15(16)18-12-14-6-8-17-9-7-14/h4-9,11,18H,3,10,12H2,1-2H3. The lowest BCUT2D eigenvalue weighted by atomic mass is 10.2. The molecule has 0 bridgehead atoms. The van der Waals surface area contributed by atoms with E-state index in [1.807, 2.05) is 30.6 Å². The van der Waals surface area contributed by atoms with E-state index in [-0.39, 0.29) is 0 Å². The van der Waals surface area contributed by atoms with E-state index in [0.717, 1.165) is 31.0 Å². The zero-order chi connectivity index (χ0) is 13.5. The summed E-state index contributed by atoms with van der Waals surface area (Å²) < 4.78 is 5.75. The Morgan fingerprint density at radius 2 is 1.95 bits per heavy atom. The average molecular weight is 256 g/mol. The first-order valence-electron chi connectivity index (χ1n) is 6.66. The van der Waals surface area contributed by atoms with Crippen molar-refractivity contribution in [1.82, 2.24) is 4.98 Å². The van der Waals surface area contributed by atoms with Crippen molar-refractivity contribution in [1.29, 1.82) is 0 Å². The van der Waals surface area contributed by atoms with E-state index >= 15 is 0 Å². The van der Waals surface area contributed by atoms with E-state index in [4.69, 9.17) is 4.74 Å². The van der Waals surface area contributed by atoms with Crippen LogP contribution in [0.2, 0.25) is 0 Å². The van der Waals surface area contributed by atoms with Gasteiger partial charge in [-0.05, 0) is 48.7 Å². The van der Waals surface area contributed by atoms with Gasteiger partial charge in [0.1, 0.15) is 5.75 Å². The minimum atomic E-state index is 0.743. The molecule has 19 heavy (non-hydrogen) atoms. The number of rotatable bonds is 6. The van der Waals surface area contributed by atoms with E-state index in [1.165, 1.54) is 11.1 Å². The molecule has 0 amide bonds. The highest BCUT2D eigenvalue weighted by atomic mass is 16.5. The van der Waals surface area contributed by atoms with Crippen LogP contribution in [0.25, 0.3) is 0 Å². The molecule has 1 aromatic heterocycles. The number of pyridine rings is 1. The fourth-order valence-electron chi connectivity index (χ4n) is 1.82. The third-order valence-electron chi connectivity index (χ3n) is 2.83. The lowest BCUT2D eigenvalue weighted by Gasteiger charge is -2.13.